The summed E-state index contributed by atoms with van der Waals surface area (Å²) in [6.45, 7) is 0.524. The maximum absolute atomic E-state index is 11.0. The maximum atomic E-state index is 11.0. The highest BCUT2D eigenvalue weighted by atomic mass is 16.6. The largest absolute Gasteiger partial charge is 0.306 e. The fourth-order valence-corrected chi connectivity index (χ4v) is 2.84. The van der Waals surface area contributed by atoms with E-state index in [9.17, 15) is 10.1 Å². The number of nitrogens with one attached hydrogen (secondary N) is 1. The summed E-state index contributed by atoms with van der Waals surface area (Å²) >= 11 is 0. The summed E-state index contributed by atoms with van der Waals surface area (Å²) in [5, 5.41) is 14.4. The summed E-state index contributed by atoms with van der Waals surface area (Å²) < 4.78 is 0. The molecule has 20 heavy (non-hydrogen) atoms. The minimum Gasteiger partial charge on any atom is -0.306 e. The summed E-state index contributed by atoms with van der Waals surface area (Å²) in [5.41, 5.74) is 3.63. The molecule has 1 aliphatic carbocycles. The van der Waals surface area contributed by atoms with E-state index < -0.39 is 0 Å². The molecule has 4 nitrogen and oxygen atoms in total. The zero-order valence-corrected chi connectivity index (χ0v) is 11.1. The van der Waals surface area contributed by atoms with Crippen LogP contribution in [0.5, 0.6) is 0 Å². The average molecular weight is 268 g/mol. The predicted octanol–water partition coefficient (Wildman–Crippen LogP) is 3.37. The Morgan fingerprint density at radius 3 is 2.75 bits per heavy atom. The number of nitro groups is 1. The molecule has 2 aromatic rings. The molecule has 0 saturated carbocycles. The number of hydrogen-bond donors (Lipinski definition) is 1. The maximum Gasteiger partial charge on any atom is 0.273 e. The molecule has 3 rings (SSSR count). The Kier molecular flexibility index (Phi) is 3.48. The van der Waals surface area contributed by atoms with Crippen molar-refractivity contribution in [2.24, 2.45) is 0 Å². The van der Waals surface area contributed by atoms with Crippen molar-refractivity contribution < 1.29 is 4.92 Å². The second-order valence-corrected chi connectivity index (χ2v) is 5.06. The Morgan fingerprint density at radius 1 is 1.15 bits per heavy atom. The van der Waals surface area contributed by atoms with Crippen molar-refractivity contribution in [3.05, 3.63) is 75.3 Å². The van der Waals surface area contributed by atoms with E-state index in [-0.39, 0.29) is 10.6 Å². The van der Waals surface area contributed by atoms with Crippen molar-refractivity contribution in [2.75, 3.05) is 0 Å². The first-order chi connectivity index (χ1) is 9.75. The molecule has 0 aromatic heterocycles. The van der Waals surface area contributed by atoms with Crippen LogP contribution >= 0.6 is 0 Å². The third kappa shape index (κ3) is 2.42. The topological polar surface area (TPSA) is 55.2 Å². The van der Waals surface area contributed by atoms with E-state index in [1.54, 1.807) is 12.1 Å². The standard InChI is InChI=1S/C16H16N2O2/c19-18(20)16-8-4-2-6-13(16)11-17-15-10-9-12-5-1-3-7-14(12)15/h1-8,15,17H,9-11H2. The van der Waals surface area contributed by atoms with Crippen molar-refractivity contribution in [2.45, 2.75) is 25.4 Å². The van der Waals surface area contributed by atoms with E-state index in [0.29, 0.717) is 12.6 Å². The summed E-state index contributed by atoms with van der Waals surface area (Å²) in [6, 6.07) is 15.6. The highest BCUT2D eigenvalue weighted by Gasteiger charge is 2.22. The highest BCUT2D eigenvalue weighted by molar-refractivity contribution is 5.40. The molecule has 0 spiro atoms. The van der Waals surface area contributed by atoms with Gasteiger partial charge in [0, 0.05) is 24.2 Å². The lowest BCUT2D eigenvalue weighted by atomic mass is 10.1. The molecule has 0 fully saturated rings. The molecule has 1 aliphatic rings. The monoisotopic (exact) mass is 268 g/mol. The Balaban J connectivity index is 1.74. The van der Waals surface area contributed by atoms with Crippen LogP contribution in [0, 0.1) is 10.1 Å². The van der Waals surface area contributed by atoms with Crippen LogP contribution in [0.3, 0.4) is 0 Å². The first-order valence-electron chi connectivity index (χ1n) is 6.79. The van der Waals surface area contributed by atoms with Gasteiger partial charge in [0.1, 0.15) is 0 Å². The van der Waals surface area contributed by atoms with Crippen molar-refractivity contribution in [1.29, 1.82) is 0 Å². The first-order valence-corrected chi connectivity index (χ1v) is 6.79. The van der Waals surface area contributed by atoms with Crippen LogP contribution in [-0.2, 0) is 13.0 Å². The highest BCUT2D eigenvalue weighted by Crippen LogP contribution is 2.31. The summed E-state index contributed by atoms with van der Waals surface area (Å²) in [4.78, 5) is 10.7. The molecule has 0 amide bonds. The molecule has 4 heteroatoms. The predicted molar refractivity (Wildman–Crippen MR) is 77.4 cm³/mol. The van der Waals surface area contributed by atoms with Gasteiger partial charge in [-0.3, -0.25) is 10.1 Å². The van der Waals surface area contributed by atoms with Gasteiger partial charge in [-0.2, -0.15) is 0 Å². The minimum absolute atomic E-state index is 0.186. The third-order valence-corrected chi connectivity index (χ3v) is 3.86. The summed E-state index contributed by atoms with van der Waals surface area (Å²) in [5.74, 6) is 0. The summed E-state index contributed by atoms with van der Waals surface area (Å²) in [7, 11) is 0. The zero-order chi connectivity index (χ0) is 13.9. The number of rotatable bonds is 4. The SMILES string of the molecule is O=[N+]([O-])c1ccccc1CNC1CCc2ccccc21. The fourth-order valence-electron chi connectivity index (χ4n) is 2.84. The molecule has 1 atom stereocenters. The number of hydrogen-bond acceptors (Lipinski definition) is 3. The normalized spacial score (nSPS) is 16.9. The van der Waals surface area contributed by atoms with Gasteiger partial charge in [-0.05, 0) is 24.0 Å². The molecular weight excluding hydrogens is 252 g/mol. The van der Waals surface area contributed by atoms with E-state index in [4.69, 9.17) is 0 Å². The van der Waals surface area contributed by atoms with E-state index in [2.05, 4.69) is 23.5 Å². The second-order valence-electron chi connectivity index (χ2n) is 5.06. The van der Waals surface area contributed by atoms with Crippen molar-refractivity contribution in [3.8, 4) is 0 Å². The Labute approximate surface area is 117 Å². The van der Waals surface area contributed by atoms with Gasteiger partial charge < -0.3 is 5.32 Å². The molecule has 1 N–H and O–H groups in total. The van der Waals surface area contributed by atoms with Gasteiger partial charge in [-0.1, -0.05) is 42.5 Å². The second kappa shape index (κ2) is 5.43. The Bertz CT molecular complexity index is 640. The van der Waals surface area contributed by atoms with Gasteiger partial charge in [0.15, 0.2) is 0 Å². The van der Waals surface area contributed by atoms with Gasteiger partial charge in [0.2, 0.25) is 0 Å². The Hall–Kier alpha value is -2.20. The van der Waals surface area contributed by atoms with Crippen LogP contribution in [0.2, 0.25) is 0 Å². The Morgan fingerprint density at radius 2 is 1.90 bits per heavy atom. The van der Waals surface area contributed by atoms with Gasteiger partial charge >= 0.3 is 0 Å². The van der Waals surface area contributed by atoms with Crippen molar-refractivity contribution >= 4 is 5.69 Å². The fraction of sp³-hybridized carbons (Fsp3) is 0.250. The average Bonchev–Trinajstić information content (AvgIpc) is 2.88. The van der Waals surface area contributed by atoms with Gasteiger partial charge in [-0.25, -0.2) is 0 Å². The minimum atomic E-state index is -0.320. The third-order valence-electron chi connectivity index (χ3n) is 3.86. The van der Waals surface area contributed by atoms with Gasteiger partial charge in [0.25, 0.3) is 5.69 Å². The lowest BCUT2D eigenvalue weighted by Gasteiger charge is -2.14. The number of fused-ring (bicyclic) bond motifs is 1. The van der Waals surface area contributed by atoms with E-state index in [0.717, 1.165) is 18.4 Å². The molecule has 0 bridgehead atoms. The molecule has 2 aromatic carbocycles. The van der Waals surface area contributed by atoms with Crippen LogP contribution in [0.4, 0.5) is 5.69 Å². The molecule has 0 aliphatic heterocycles. The van der Waals surface area contributed by atoms with Crippen LogP contribution in [0.25, 0.3) is 0 Å². The van der Waals surface area contributed by atoms with Gasteiger partial charge in [0.05, 0.1) is 4.92 Å². The zero-order valence-electron chi connectivity index (χ0n) is 11.1. The number of nitro benzene ring substituents is 1. The first kappa shape index (κ1) is 12.8. The lowest BCUT2D eigenvalue weighted by Crippen LogP contribution is -2.19. The smallest absolute Gasteiger partial charge is 0.273 e. The molecular formula is C16H16N2O2. The number of benzene rings is 2. The lowest BCUT2D eigenvalue weighted by molar-refractivity contribution is -0.385. The molecule has 1 unspecified atom stereocenters. The van der Waals surface area contributed by atoms with Crippen LogP contribution in [0.1, 0.15) is 29.2 Å². The molecule has 0 radical (unpaired) electrons. The van der Waals surface area contributed by atoms with E-state index >= 15 is 0 Å². The number of aryl methyl sites for hydroxylation is 1. The quantitative estimate of drug-likeness (QED) is 0.683. The van der Waals surface area contributed by atoms with Crippen LogP contribution < -0.4 is 5.32 Å². The summed E-state index contributed by atoms with van der Waals surface area (Å²) in [6.07, 6.45) is 2.13. The molecule has 0 heterocycles. The molecule has 0 saturated heterocycles. The van der Waals surface area contributed by atoms with Crippen LogP contribution in [0.15, 0.2) is 48.5 Å². The van der Waals surface area contributed by atoms with Gasteiger partial charge in [-0.15, -0.1) is 0 Å². The van der Waals surface area contributed by atoms with Crippen molar-refractivity contribution in [1.82, 2.24) is 5.32 Å². The molecule has 102 valence electrons. The van der Waals surface area contributed by atoms with Crippen LogP contribution in [-0.4, -0.2) is 4.92 Å². The number of para-hydroxylation sites is 1. The number of nitrogens with zero attached hydrogens (tertiary/aromatic N) is 1. The van der Waals surface area contributed by atoms with E-state index in [1.165, 1.54) is 11.1 Å². The van der Waals surface area contributed by atoms with Crippen molar-refractivity contribution in [3.63, 3.8) is 0 Å². The van der Waals surface area contributed by atoms with E-state index in [1.807, 2.05) is 18.2 Å².